The highest BCUT2D eigenvalue weighted by Gasteiger charge is 2.47. The van der Waals surface area contributed by atoms with Gasteiger partial charge in [0, 0.05) is 0 Å². The van der Waals surface area contributed by atoms with Gasteiger partial charge in [-0.25, -0.2) is 0 Å². The quantitative estimate of drug-likeness (QED) is 0.314. The molecule has 0 bridgehead atoms. The molecule has 0 aromatic heterocycles. The van der Waals surface area contributed by atoms with Gasteiger partial charge in [-0.2, -0.15) is 0 Å². The van der Waals surface area contributed by atoms with Crippen molar-refractivity contribution < 1.29 is 49.6 Å². The zero-order valence-electron chi connectivity index (χ0n) is 17.3. The van der Waals surface area contributed by atoms with Crippen molar-refractivity contribution in [1.29, 1.82) is 0 Å². The SMILES string of the molecule is C/C=C/c1ccc(O[C@@H]2O[C@H](CO[C@H]3O[C@H](C)[C@@H](O)[C@H](O)[C@@H]3O)[C@@H](O)[C@H](O)[C@H]2O)cc1. The molecule has 1 aromatic rings. The summed E-state index contributed by atoms with van der Waals surface area (Å²) in [7, 11) is 0. The molecule has 0 unspecified atom stereocenters. The Morgan fingerprint density at radius 2 is 1.42 bits per heavy atom. The highest BCUT2D eigenvalue weighted by Crippen LogP contribution is 2.27. The topological polar surface area (TPSA) is 158 Å². The molecule has 6 N–H and O–H groups in total. The van der Waals surface area contributed by atoms with Crippen molar-refractivity contribution in [3.63, 3.8) is 0 Å². The number of hydrogen-bond donors (Lipinski definition) is 6. The lowest BCUT2D eigenvalue weighted by Gasteiger charge is -2.42. The molecule has 10 nitrogen and oxygen atoms in total. The first-order valence-electron chi connectivity index (χ1n) is 10.1. The smallest absolute Gasteiger partial charge is 0.229 e. The summed E-state index contributed by atoms with van der Waals surface area (Å²) in [6.07, 6.45) is -9.56. The molecule has 174 valence electrons. The van der Waals surface area contributed by atoms with E-state index < -0.39 is 61.4 Å². The van der Waals surface area contributed by atoms with Gasteiger partial charge in [0.05, 0.1) is 12.7 Å². The van der Waals surface area contributed by atoms with Gasteiger partial charge >= 0.3 is 0 Å². The van der Waals surface area contributed by atoms with E-state index in [0.717, 1.165) is 5.56 Å². The molecule has 0 spiro atoms. The van der Waals surface area contributed by atoms with Crippen molar-refractivity contribution in [2.75, 3.05) is 6.61 Å². The molecule has 10 heteroatoms. The van der Waals surface area contributed by atoms with Crippen molar-refractivity contribution in [3.05, 3.63) is 35.9 Å². The Hall–Kier alpha value is -1.60. The average Bonchev–Trinajstić information content (AvgIpc) is 2.76. The third-order valence-corrected chi connectivity index (χ3v) is 5.39. The maximum atomic E-state index is 10.3. The number of benzene rings is 1. The average molecular weight is 442 g/mol. The summed E-state index contributed by atoms with van der Waals surface area (Å²) in [4.78, 5) is 0. The summed E-state index contributed by atoms with van der Waals surface area (Å²) in [6.45, 7) is 3.06. The molecule has 0 saturated carbocycles. The van der Waals surface area contributed by atoms with Gasteiger partial charge in [-0.1, -0.05) is 24.3 Å². The van der Waals surface area contributed by atoms with E-state index in [0.29, 0.717) is 5.75 Å². The highest BCUT2D eigenvalue weighted by molar-refractivity contribution is 5.50. The van der Waals surface area contributed by atoms with Gasteiger partial charge < -0.3 is 49.6 Å². The summed E-state index contributed by atoms with van der Waals surface area (Å²) >= 11 is 0. The molecule has 10 atom stereocenters. The van der Waals surface area contributed by atoms with E-state index >= 15 is 0 Å². The van der Waals surface area contributed by atoms with Crippen molar-refractivity contribution >= 4 is 6.08 Å². The second-order valence-electron chi connectivity index (χ2n) is 7.72. The lowest BCUT2D eigenvalue weighted by atomic mass is 9.98. The minimum atomic E-state index is -1.57. The van der Waals surface area contributed by atoms with E-state index in [1.807, 2.05) is 19.1 Å². The molecule has 31 heavy (non-hydrogen) atoms. The fourth-order valence-electron chi connectivity index (χ4n) is 3.48. The Morgan fingerprint density at radius 1 is 0.806 bits per heavy atom. The maximum absolute atomic E-state index is 10.3. The first-order chi connectivity index (χ1) is 14.7. The summed E-state index contributed by atoms with van der Waals surface area (Å²) in [5, 5.41) is 60.4. The largest absolute Gasteiger partial charge is 0.462 e. The third kappa shape index (κ3) is 5.43. The second kappa shape index (κ2) is 10.3. The number of aliphatic hydroxyl groups excluding tert-OH is 6. The third-order valence-electron chi connectivity index (χ3n) is 5.39. The summed E-state index contributed by atoms with van der Waals surface area (Å²) in [5.74, 6) is 0.387. The van der Waals surface area contributed by atoms with Gasteiger partial charge in [-0.05, 0) is 31.5 Å². The molecule has 2 fully saturated rings. The van der Waals surface area contributed by atoms with E-state index in [1.165, 1.54) is 6.92 Å². The molecule has 0 radical (unpaired) electrons. The first kappa shape index (κ1) is 24.1. The van der Waals surface area contributed by atoms with E-state index in [9.17, 15) is 30.6 Å². The van der Waals surface area contributed by atoms with Crippen LogP contribution in [0.5, 0.6) is 5.75 Å². The van der Waals surface area contributed by atoms with Crippen LogP contribution in [0.1, 0.15) is 19.4 Å². The fourth-order valence-corrected chi connectivity index (χ4v) is 3.48. The van der Waals surface area contributed by atoms with Crippen molar-refractivity contribution in [2.45, 2.75) is 75.3 Å². The van der Waals surface area contributed by atoms with Gasteiger partial charge in [-0.15, -0.1) is 0 Å². The second-order valence-corrected chi connectivity index (χ2v) is 7.72. The van der Waals surface area contributed by atoms with Gasteiger partial charge in [-0.3, -0.25) is 0 Å². The number of allylic oxidation sites excluding steroid dienone is 1. The summed E-state index contributed by atoms with van der Waals surface area (Å²) < 4.78 is 22.0. The minimum Gasteiger partial charge on any atom is -0.462 e. The number of rotatable bonds is 6. The van der Waals surface area contributed by atoms with Crippen LogP contribution in [0, 0.1) is 0 Å². The maximum Gasteiger partial charge on any atom is 0.229 e. The van der Waals surface area contributed by atoms with E-state index in [1.54, 1.807) is 24.3 Å². The molecule has 2 heterocycles. The normalized spacial score (nSPS) is 41.4. The van der Waals surface area contributed by atoms with E-state index in [4.69, 9.17) is 18.9 Å². The molecule has 3 rings (SSSR count). The lowest BCUT2D eigenvalue weighted by Crippen LogP contribution is -2.61. The lowest BCUT2D eigenvalue weighted by molar-refractivity contribution is -0.318. The first-order valence-corrected chi connectivity index (χ1v) is 10.1. The number of hydrogen-bond acceptors (Lipinski definition) is 10. The van der Waals surface area contributed by atoms with Crippen LogP contribution in [-0.4, -0.2) is 98.7 Å². The zero-order valence-corrected chi connectivity index (χ0v) is 17.3. The fraction of sp³-hybridized carbons (Fsp3) is 0.619. The van der Waals surface area contributed by atoms with Crippen molar-refractivity contribution in [1.82, 2.24) is 0 Å². The van der Waals surface area contributed by atoms with Crippen LogP contribution >= 0.6 is 0 Å². The number of ether oxygens (including phenoxy) is 4. The Labute approximate surface area is 179 Å². The number of aliphatic hydroxyl groups is 6. The van der Waals surface area contributed by atoms with Gasteiger partial charge in [0.1, 0.15) is 48.5 Å². The molecule has 2 saturated heterocycles. The molecule has 2 aliphatic heterocycles. The molecular formula is C21H30O10. The van der Waals surface area contributed by atoms with Crippen LogP contribution in [0.3, 0.4) is 0 Å². The van der Waals surface area contributed by atoms with Crippen LogP contribution in [0.25, 0.3) is 6.08 Å². The molecular weight excluding hydrogens is 412 g/mol. The van der Waals surface area contributed by atoms with Gasteiger partial charge in [0.15, 0.2) is 6.29 Å². The molecule has 0 aliphatic carbocycles. The van der Waals surface area contributed by atoms with Crippen molar-refractivity contribution in [3.8, 4) is 5.75 Å². The van der Waals surface area contributed by atoms with Crippen molar-refractivity contribution in [2.24, 2.45) is 0 Å². The van der Waals surface area contributed by atoms with Gasteiger partial charge in [0.25, 0.3) is 0 Å². The standard InChI is InChI=1S/C21H30O10/c1-3-4-11-5-7-12(8-6-11)30-21-19(27)17(25)15(23)13(31-21)9-28-20-18(26)16(24)14(22)10(2)29-20/h3-8,10,13-27H,9H2,1-2H3/b4-3+/t10-,13-,14-,15-,16+,17+,18+,19-,20+,21-/m1/s1. The van der Waals surface area contributed by atoms with Crippen LogP contribution < -0.4 is 4.74 Å². The van der Waals surface area contributed by atoms with Crippen LogP contribution in [0.15, 0.2) is 30.3 Å². The van der Waals surface area contributed by atoms with Crippen LogP contribution in [0.4, 0.5) is 0 Å². The van der Waals surface area contributed by atoms with Crippen LogP contribution in [0.2, 0.25) is 0 Å². The summed E-state index contributed by atoms with van der Waals surface area (Å²) in [6, 6.07) is 6.96. The monoisotopic (exact) mass is 442 g/mol. The minimum absolute atomic E-state index is 0.345. The highest BCUT2D eigenvalue weighted by atomic mass is 16.7. The Morgan fingerprint density at radius 3 is 2.06 bits per heavy atom. The predicted molar refractivity (Wildman–Crippen MR) is 107 cm³/mol. The molecule has 2 aliphatic rings. The van der Waals surface area contributed by atoms with Gasteiger partial charge in [0.2, 0.25) is 6.29 Å². The Balaban J connectivity index is 1.63. The molecule has 0 amide bonds. The Bertz CT molecular complexity index is 725. The van der Waals surface area contributed by atoms with Crippen LogP contribution in [-0.2, 0) is 14.2 Å². The predicted octanol–water partition coefficient (Wildman–Crippen LogP) is -1.25. The summed E-state index contributed by atoms with van der Waals surface area (Å²) in [5.41, 5.74) is 0.953. The molecule has 1 aromatic carbocycles. The zero-order chi connectivity index (χ0) is 22.7. The Kier molecular flexibility index (Phi) is 8.03. The van der Waals surface area contributed by atoms with E-state index in [2.05, 4.69) is 0 Å². The van der Waals surface area contributed by atoms with E-state index in [-0.39, 0.29) is 6.61 Å².